The van der Waals surface area contributed by atoms with Gasteiger partial charge in [0.2, 0.25) is 0 Å². The molecule has 2 nitrogen and oxygen atoms in total. The van der Waals surface area contributed by atoms with Gasteiger partial charge >= 0.3 is 0 Å². The van der Waals surface area contributed by atoms with E-state index in [0.717, 1.165) is 31.3 Å². The van der Waals surface area contributed by atoms with E-state index in [9.17, 15) is 5.26 Å². The molecule has 0 aliphatic heterocycles. The van der Waals surface area contributed by atoms with E-state index in [1.807, 2.05) is 24.3 Å². The van der Waals surface area contributed by atoms with Crippen LogP contribution in [0.25, 0.3) is 0 Å². The van der Waals surface area contributed by atoms with Gasteiger partial charge in [0.25, 0.3) is 0 Å². The minimum atomic E-state index is 0.0135. The highest BCUT2D eigenvalue weighted by molar-refractivity contribution is 5.32. The molecule has 1 aromatic rings. The summed E-state index contributed by atoms with van der Waals surface area (Å²) >= 11 is 0. The van der Waals surface area contributed by atoms with Crippen LogP contribution in [0.4, 0.5) is 0 Å². The van der Waals surface area contributed by atoms with E-state index in [0.29, 0.717) is 11.5 Å². The van der Waals surface area contributed by atoms with E-state index in [4.69, 9.17) is 5.26 Å². The van der Waals surface area contributed by atoms with Gasteiger partial charge in [-0.15, -0.1) is 0 Å². The van der Waals surface area contributed by atoms with Crippen molar-refractivity contribution in [3.05, 3.63) is 47.5 Å². The molecule has 1 aromatic carbocycles. The first-order valence-corrected chi connectivity index (χ1v) is 8.21. The van der Waals surface area contributed by atoms with Crippen LogP contribution in [-0.2, 0) is 6.42 Å². The van der Waals surface area contributed by atoms with Crippen LogP contribution in [0.15, 0.2) is 36.4 Å². The molecule has 0 bridgehead atoms. The maximum atomic E-state index is 9.36. The molecule has 0 heterocycles. The molecular weight excluding hydrogens is 268 g/mol. The lowest BCUT2D eigenvalue weighted by Crippen LogP contribution is -2.33. The minimum Gasteiger partial charge on any atom is -0.193 e. The zero-order valence-electron chi connectivity index (χ0n) is 13.4. The van der Waals surface area contributed by atoms with Crippen LogP contribution in [-0.4, -0.2) is 0 Å². The molecule has 1 aliphatic rings. The molecule has 0 spiro atoms. The standard InChI is InChI=1S/C20H24N2/c1-16(6-7-18-8-10-19(15-22)11-9-18)20(17(2)14-21)12-4-3-5-13-20/h8-11,16H,2-7,12-13H2,1H3. The molecule has 1 saturated carbocycles. The Balaban J connectivity index is 2.05. The number of benzene rings is 1. The number of aryl methyl sites for hydroxylation is 1. The predicted octanol–water partition coefficient (Wildman–Crippen LogP) is 5.16. The highest BCUT2D eigenvalue weighted by Crippen LogP contribution is 2.48. The summed E-state index contributed by atoms with van der Waals surface area (Å²) in [6, 6.07) is 12.3. The van der Waals surface area contributed by atoms with Gasteiger partial charge in [-0.25, -0.2) is 0 Å². The zero-order chi connectivity index (χ0) is 16.0. The van der Waals surface area contributed by atoms with Gasteiger partial charge < -0.3 is 0 Å². The number of nitrogens with zero attached hydrogens (tertiary/aromatic N) is 2. The maximum Gasteiger partial charge on any atom is 0.0991 e. The molecule has 0 radical (unpaired) electrons. The van der Waals surface area contributed by atoms with E-state index >= 15 is 0 Å². The molecule has 2 heteroatoms. The van der Waals surface area contributed by atoms with Crippen LogP contribution in [0.2, 0.25) is 0 Å². The number of hydrogen-bond donors (Lipinski definition) is 0. The summed E-state index contributed by atoms with van der Waals surface area (Å²) in [5.41, 5.74) is 2.76. The van der Waals surface area contributed by atoms with Crippen molar-refractivity contribution in [3.63, 3.8) is 0 Å². The zero-order valence-corrected chi connectivity index (χ0v) is 13.4. The van der Waals surface area contributed by atoms with Crippen LogP contribution in [0.5, 0.6) is 0 Å². The van der Waals surface area contributed by atoms with Gasteiger partial charge in [0.1, 0.15) is 0 Å². The molecular formula is C20H24N2. The highest BCUT2D eigenvalue weighted by atomic mass is 14.4. The molecule has 1 atom stereocenters. The van der Waals surface area contributed by atoms with E-state index < -0.39 is 0 Å². The lowest BCUT2D eigenvalue weighted by molar-refractivity contribution is 0.151. The lowest BCUT2D eigenvalue weighted by Gasteiger charge is -2.42. The first-order chi connectivity index (χ1) is 10.6. The van der Waals surface area contributed by atoms with Gasteiger partial charge in [-0.3, -0.25) is 0 Å². The Kier molecular flexibility index (Phi) is 5.40. The third-order valence-corrected chi connectivity index (χ3v) is 5.37. The molecule has 2 rings (SSSR count). The van der Waals surface area contributed by atoms with Crippen molar-refractivity contribution >= 4 is 0 Å². The van der Waals surface area contributed by atoms with E-state index in [2.05, 4.69) is 25.6 Å². The molecule has 22 heavy (non-hydrogen) atoms. The van der Waals surface area contributed by atoms with E-state index in [-0.39, 0.29) is 5.41 Å². The Hall–Kier alpha value is -2.06. The fourth-order valence-corrected chi connectivity index (χ4v) is 3.79. The molecule has 1 fully saturated rings. The third kappa shape index (κ3) is 3.40. The smallest absolute Gasteiger partial charge is 0.0991 e. The number of rotatable bonds is 5. The van der Waals surface area contributed by atoms with E-state index in [1.54, 1.807) is 0 Å². The summed E-state index contributed by atoms with van der Waals surface area (Å²) in [5, 5.41) is 18.2. The largest absolute Gasteiger partial charge is 0.193 e. The van der Waals surface area contributed by atoms with Crippen LogP contribution in [0, 0.1) is 34.0 Å². The number of allylic oxidation sites excluding steroid dienone is 1. The van der Waals surface area contributed by atoms with Crippen molar-refractivity contribution < 1.29 is 0 Å². The molecule has 0 N–H and O–H groups in total. The number of nitriles is 2. The van der Waals surface area contributed by atoms with Crippen LogP contribution >= 0.6 is 0 Å². The summed E-state index contributed by atoms with van der Waals surface area (Å²) < 4.78 is 0. The Bertz CT molecular complexity index is 592. The topological polar surface area (TPSA) is 47.6 Å². The quantitative estimate of drug-likeness (QED) is 0.704. The first kappa shape index (κ1) is 16.3. The average molecular weight is 292 g/mol. The molecule has 1 unspecified atom stereocenters. The second-order valence-electron chi connectivity index (χ2n) is 6.56. The molecule has 0 saturated heterocycles. The van der Waals surface area contributed by atoms with Crippen molar-refractivity contribution in [3.8, 4) is 12.1 Å². The van der Waals surface area contributed by atoms with Crippen molar-refractivity contribution in [2.24, 2.45) is 11.3 Å². The summed E-state index contributed by atoms with van der Waals surface area (Å²) in [6.45, 7) is 6.35. The van der Waals surface area contributed by atoms with Gasteiger partial charge in [-0.1, -0.05) is 44.9 Å². The Morgan fingerprint density at radius 3 is 2.36 bits per heavy atom. The van der Waals surface area contributed by atoms with Gasteiger partial charge in [0.05, 0.1) is 17.7 Å². The number of hydrogen-bond acceptors (Lipinski definition) is 2. The fraction of sp³-hybridized carbons (Fsp3) is 0.500. The Morgan fingerprint density at radius 2 is 1.82 bits per heavy atom. The first-order valence-electron chi connectivity index (χ1n) is 8.21. The second-order valence-corrected chi connectivity index (χ2v) is 6.56. The second kappa shape index (κ2) is 7.28. The van der Waals surface area contributed by atoms with Gasteiger partial charge in [0.15, 0.2) is 0 Å². The Labute approximate surface area is 134 Å². The van der Waals surface area contributed by atoms with Crippen LogP contribution < -0.4 is 0 Å². The summed E-state index contributed by atoms with van der Waals surface area (Å²) in [7, 11) is 0. The van der Waals surface area contributed by atoms with Crippen LogP contribution in [0.1, 0.15) is 56.6 Å². The summed E-state index contributed by atoms with van der Waals surface area (Å²) in [5.74, 6) is 0.468. The van der Waals surface area contributed by atoms with Gasteiger partial charge in [-0.2, -0.15) is 10.5 Å². The maximum absolute atomic E-state index is 9.36. The van der Waals surface area contributed by atoms with Crippen molar-refractivity contribution in [2.75, 3.05) is 0 Å². The molecule has 1 aliphatic carbocycles. The van der Waals surface area contributed by atoms with Crippen LogP contribution in [0.3, 0.4) is 0 Å². The molecule has 0 amide bonds. The molecule has 0 aromatic heterocycles. The van der Waals surface area contributed by atoms with Crippen molar-refractivity contribution in [2.45, 2.75) is 51.9 Å². The monoisotopic (exact) mass is 292 g/mol. The molecule has 114 valence electrons. The van der Waals surface area contributed by atoms with Gasteiger partial charge in [0, 0.05) is 11.0 Å². The normalized spacial score (nSPS) is 18.0. The lowest BCUT2D eigenvalue weighted by atomic mass is 9.61. The average Bonchev–Trinajstić information content (AvgIpc) is 2.59. The summed E-state index contributed by atoms with van der Waals surface area (Å²) in [6.07, 6.45) is 7.97. The fourth-order valence-electron chi connectivity index (χ4n) is 3.79. The highest BCUT2D eigenvalue weighted by Gasteiger charge is 2.39. The third-order valence-electron chi connectivity index (χ3n) is 5.37. The Morgan fingerprint density at radius 1 is 1.18 bits per heavy atom. The summed E-state index contributed by atoms with van der Waals surface area (Å²) in [4.78, 5) is 0. The van der Waals surface area contributed by atoms with Crippen molar-refractivity contribution in [1.82, 2.24) is 0 Å². The van der Waals surface area contributed by atoms with E-state index in [1.165, 1.54) is 24.8 Å². The predicted molar refractivity (Wildman–Crippen MR) is 88.9 cm³/mol. The van der Waals surface area contributed by atoms with Gasteiger partial charge in [-0.05, 0) is 49.3 Å². The minimum absolute atomic E-state index is 0.0135. The van der Waals surface area contributed by atoms with Crippen molar-refractivity contribution in [1.29, 1.82) is 10.5 Å². The SMILES string of the molecule is C=C(C#N)C1(C(C)CCc2ccc(C#N)cc2)CCCCC1.